The SMILES string of the molecule is CCN(C)S(=O)(=O)CCNC. The van der Waals surface area contributed by atoms with Crippen molar-refractivity contribution in [1.82, 2.24) is 9.62 Å². The highest BCUT2D eigenvalue weighted by atomic mass is 32.2. The van der Waals surface area contributed by atoms with Crippen LogP contribution in [-0.4, -0.2) is 45.7 Å². The normalized spacial score (nSPS) is 12.4. The van der Waals surface area contributed by atoms with Crippen LogP contribution in [0.15, 0.2) is 0 Å². The van der Waals surface area contributed by atoms with Crippen LogP contribution in [0.4, 0.5) is 0 Å². The number of rotatable bonds is 5. The summed E-state index contributed by atoms with van der Waals surface area (Å²) in [7, 11) is 0.324. The maximum Gasteiger partial charge on any atom is 0.215 e. The fourth-order valence-electron chi connectivity index (χ4n) is 0.584. The number of nitrogens with zero attached hydrogens (tertiary/aromatic N) is 1. The molecular weight excluding hydrogens is 164 g/mol. The second-order valence-corrected chi connectivity index (χ2v) is 4.53. The molecule has 0 aliphatic heterocycles. The minimum absolute atomic E-state index is 0.174. The van der Waals surface area contributed by atoms with Gasteiger partial charge in [-0.15, -0.1) is 0 Å². The van der Waals surface area contributed by atoms with E-state index in [0.717, 1.165) is 0 Å². The largest absolute Gasteiger partial charge is 0.319 e. The molecule has 1 N–H and O–H groups in total. The van der Waals surface area contributed by atoms with Crippen molar-refractivity contribution in [2.45, 2.75) is 6.92 Å². The van der Waals surface area contributed by atoms with Crippen LogP contribution in [0.5, 0.6) is 0 Å². The molecule has 0 bridgehead atoms. The molecule has 0 aromatic rings. The lowest BCUT2D eigenvalue weighted by atomic mass is 10.8. The van der Waals surface area contributed by atoms with E-state index in [1.807, 2.05) is 6.92 Å². The van der Waals surface area contributed by atoms with Gasteiger partial charge in [0.2, 0.25) is 10.0 Å². The number of sulfonamides is 1. The molecule has 0 saturated carbocycles. The highest BCUT2D eigenvalue weighted by Gasteiger charge is 2.14. The summed E-state index contributed by atoms with van der Waals surface area (Å²) in [5.41, 5.74) is 0. The van der Waals surface area contributed by atoms with Gasteiger partial charge in [0.25, 0.3) is 0 Å². The van der Waals surface area contributed by atoms with Gasteiger partial charge >= 0.3 is 0 Å². The Morgan fingerprint density at radius 2 is 2.00 bits per heavy atom. The second-order valence-electron chi connectivity index (χ2n) is 2.33. The molecular formula is C6H16N2O2S. The average Bonchev–Trinajstić information content (AvgIpc) is 1.99. The predicted molar refractivity (Wildman–Crippen MR) is 46.0 cm³/mol. The summed E-state index contributed by atoms with van der Waals surface area (Å²) in [4.78, 5) is 0. The van der Waals surface area contributed by atoms with Gasteiger partial charge in [0.15, 0.2) is 0 Å². The first-order chi connectivity index (χ1) is 5.04. The molecule has 0 rings (SSSR count). The van der Waals surface area contributed by atoms with Gasteiger partial charge in [0, 0.05) is 20.1 Å². The molecule has 4 nitrogen and oxygen atoms in total. The Kier molecular flexibility index (Phi) is 4.63. The lowest BCUT2D eigenvalue weighted by Gasteiger charge is -2.13. The van der Waals surface area contributed by atoms with E-state index in [-0.39, 0.29) is 5.75 Å². The van der Waals surface area contributed by atoms with Gasteiger partial charge < -0.3 is 5.32 Å². The summed E-state index contributed by atoms with van der Waals surface area (Å²) in [5, 5.41) is 2.80. The first-order valence-electron chi connectivity index (χ1n) is 3.63. The molecule has 0 unspecified atom stereocenters. The van der Waals surface area contributed by atoms with Crippen LogP contribution in [-0.2, 0) is 10.0 Å². The fourth-order valence-corrected chi connectivity index (χ4v) is 1.75. The number of nitrogens with one attached hydrogen (secondary N) is 1. The molecule has 0 aliphatic rings. The quantitative estimate of drug-likeness (QED) is 0.620. The Balaban J connectivity index is 4.01. The Hall–Kier alpha value is -0.130. The highest BCUT2D eigenvalue weighted by Crippen LogP contribution is 1.95. The van der Waals surface area contributed by atoms with Gasteiger partial charge in [-0.2, -0.15) is 0 Å². The van der Waals surface area contributed by atoms with Crippen molar-refractivity contribution < 1.29 is 8.42 Å². The monoisotopic (exact) mass is 180 g/mol. The van der Waals surface area contributed by atoms with Crippen molar-refractivity contribution in [3.63, 3.8) is 0 Å². The summed E-state index contributed by atoms with van der Waals surface area (Å²) in [5.74, 6) is 0.174. The van der Waals surface area contributed by atoms with Gasteiger partial charge in [0.05, 0.1) is 5.75 Å². The van der Waals surface area contributed by atoms with E-state index < -0.39 is 10.0 Å². The van der Waals surface area contributed by atoms with Crippen LogP contribution in [0.1, 0.15) is 6.92 Å². The van der Waals surface area contributed by atoms with Gasteiger partial charge in [0.1, 0.15) is 0 Å². The summed E-state index contributed by atoms with van der Waals surface area (Å²) < 4.78 is 23.8. The van der Waals surface area contributed by atoms with Gasteiger partial charge in [-0.1, -0.05) is 6.92 Å². The van der Waals surface area contributed by atoms with Crippen LogP contribution in [0.3, 0.4) is 0 Å². The van der Waals surface area contributed by atoms with Crippen LogP contribution in [0, 0.1) is 0 Å². The van der Waals surface area contributed by atoms with E-state index in [9.17, 15) is 8.42 Å². The van der Waals surface area contributed by atoms with Gasteiger partial charge in [-0.05, 0) is 7.05 Å². The molecule has 0 saturated heterocycles. The molecule has 0 heterocycles. The molecule has 0 aromatic carbocycles. The second kappa shape index (κ2) is 4.69. The van der Waals surface area contributed by atoms with Crippen molar-refractivity contribution in [3.8, 4) is 0 Å². The van der Waals surface area contributed by atoms with Crippen LogP contribution >= 0.6 is 0 Å². The van der Waals surface area contributed by atoms with E-state index in [1.54, 1.807) is 14.1 Å². The molecule has 0 spiro atoms. The zero-order valence-electron chi connectivity index (χ0n) is 7.29. The van der Waals surface area contributed by atoms with E-state index in [1.165, 1.54) is 4.31 Å². The number of hydrogen-bond acceptors (Lipinski definition) is 3. The molecule has 0 radical (unpaired) electrons. The van der Waals surface area contributed by atoms with E-state index in [0.29, 0.717) is 13.1 Å². The minimum atomic E-state index is -3.00. The molecule has 0 amide bonds. The van der Waals surface area contributed by atoms with Crippen molar-refractivity contribution in [3.05, 3.63) is 0 Å². The lowest BCUT2D eigenvalue weighted by molar-refractivity contribution is 0.485. The summed E-state index contributed by atoms with van der Waals surface area (Å²) in [6, 6.07) is 0. The van der Waals surface area contributed by atoms with Crippen molar-refractivity contribution in [1.29, 1.82) is 0 Å². The highest BCUT2D eigenvalue weighted by molar-refractivity contribution is 7.89. The van der Waals surface area contributed by atoms with Gasteiger partial charge in [-0.3, -0.25) is 0 Å². The van der Waals surface area contributed by atoms with Crippen LogP contribution in [0.25, 0.3) is 0 Å². The Bertz CT molecular complexity index is 189. The third-order valence-electron chi connectivity index (χ3n) is 1.53. The van der Waals surface area contributed by atoms with E-state index >= 15 is 0 Å². The third kappa shape index (κ3) is 3.69. The summed E-state index contributed by atoms with van der Waals surface area (Å²) >= 11 is 0. The smallest absolute Gasteiger partial charge is 0.215 e. The summed E-state index contributed by atoms with van der Waals surface area (Å²) in [6.07, 6.45) is 0. The van der Waals surface area contributed by atoms with Crippen molar-refractivity contribution >= 4 is 10.0 Å². The Morgan fingerprint density at radius 3 is 2.36 bits per heavy atom. The first-order valence-corrected chi connectivity index (χ1v) is 5.24. The maximum atomic E-state index is 11.2. The van der Waals surface area contributed by atoms with Crippen molar-refractivity contribution in [2.75, 3.05) is 32.9 Å². The molecule has 5 heteroatoms. The first kappa shape index (κ1) is 10.9. The maximum absolute atomic E-state index is 11.2. The number of hydrogen-bond donors (Lipinski definition) is 1. The molecule has 0 aromatic heterocycles. The minimum Gasteiger partial charge on any atom is -0.319 e. The van der Waals surface area contributed by atoms with Crippen LogP contribution < -0.4 is 5.32 Å². The van der Waals surface area contributed by atoms with E-state index in [2.05, 4.69) is 5.32 Å². The molecule has 0 aliphatic carbocycles. The fraction of sp³-hybridized carbons (Fsp3) is 1.00. The lowest BCUT2D eigenvalue weighted by Crippen LogP contribution is -2.32. The zero-order chi connectivity index (χ0) is 8.91. The standard InChI is InChI=1S/C6H16N2O2S/c1-4-8(3)11(9,10)6-5-7-2/h7H,4-6H2,1-3H3. The topological polar surface area (TPSA) is 49.4 Å². The predicted octanol–water partition coefficient (Wildman–Crippen LogP) is -0.513. The summed E-state index contributed by atoms with van der Waals surface area (Å²) in [6.45, 7) is 2.86. The molecule has 0 fully saturated rings. The van der Waals surface area contributed by atoms with Crippen molar-refractivity contribution in [2.24, 2.45) is 0 Å². The van der Waals surface area contributed by atoms with Gasteiger partial charge in [-0.25, -0.2) is 12.7 Å². The molecule has 0 atom stereocenters. The molecule has 68 valence electrons. The van der Waals surface area contributed by atoms with E-state index in [4.69, 9.17) is 0 Å². The Morgan fingerprint density at radius 1 is 1.45 bits per heavy atom. The Labute approximate surface area is 68.6 Å². The third-order valence-corrected chi connectivity index (χ3v) is 3.46. The zero-order valence-corrected chi connectivity index (χ0v) is 8.11. The molecule has 11 heavy (non-hydrogen) atoms. The average molecular weight is 180 g/mol. The van der Waals surface area contributed by atoms with Crippen LogP contribution in [0.2, 0.25) is 0 Å².